The highest BCUT2D eigenvalue weighted by Gasteiger charge is 2.30. The first-order valence-electron chi connectivity index (χ1n) is 9.96. The van der Waals surface area contributed by atoms with Crippen LogP contribution >= 0.6 is 0 Å². The quantitative estimate of drug-likeness (QED) is 0.703. The van der Waals surface area contributed by atoms with Crippen molar-refractivity contribution in [2.75, 3.05) is 18.4 Å². The molecule has 1 saturated heterocycles. The van der Waals surface area contributed by atoms with E-state index in [0.29, 0.717) is 24.8 Å². The van der Waals surface area contributed by atoms with E-state index in [1.165, 1.54) is 0 Å². The van der Waals surface area contributed by atoms with E-state index in [2.05, 4.69) is 15.5 Å². The minimum atomic E-state index is -0.0961. The Bertz CT molecular complexity index is 983. The molecule has 0 bridgehead atoms. The molecule has 2 heterocycles. The fourth-order valence-corrected chi connectivity index (χ4v) is 3.46. The number of likely N-dealkylation sites (tertiary alicyclic amines) is 1. The average molecular weight is 390 g/mol. The van der Waals surface area contributed by atoms with E-state index < -0.39 is 0 Å². The molecular formula is C22H22N4O3. The second kappa shape index (κ2) is 7.58. The molecule has 1 unspecified atom stereocenters. The van der Waals surface area contributed by atoms with E-state index in [1.807, 2.05) is 54.6 Å². The maximum Gasteiger partial charge on any atom is 0.321 e. The molecule has 2 aromatic carbocycles. The second-order valence-electron chi connectivity index (χ2n) is 7.53. The summed E-state index contributed by atoms with van der Waals surface area (Å²) in [4.78, 5) is 18.7. The van der Waals surface area contributed by atoms with Crippen molar-refractivity contribution in [2.45, 2.75) is 31.3 Å². The van der Waals surface area contributed by atoms with Gasteiger partial charge in [-0.25, -0.2) is 4.79 Å². The summed E-state index contributed by atoms with van der Waals surface area (Å²) in [5.74, 6) is 2.57. The summed E-state index contributed by atoms with van der Waals surface area (Å²) in [5.41, 5.74) is 1.70. The predicted octanol–water partition coefficient (Wildman–Crippen LogP) is 4.30. The fraction of sp³-hybridized carbons (Fsp3) is 0.318. The highest BCUT2D eigenvalue weighted by molar-refractivity contribution is 5.89. The van der Waals surface area contributed by atoms with E-state index >= 15 is 0 Å². The number of carbonyl (C=O) groups is 1. The molecule has 7 nitrogen and oxygen atoms in total. The maximum atomic E-state index is 12.4. The summed E-state index contributed by atoms with van der Waals surface area (Å²) in [6, 6.07) is 17.1. The van der Waals surface area contributed by atoms with Gasteiger partial charge in [-0.3, -0.25) is 0 Å². The first-order valence-corrected chi connectivity index (χ1v) is 9.96. The highest BCUT2D eigenvalue weighted by atomic mass is 16.5. The number of carbonyl (C=O) groups excluding carboxylic acids is 1. The van der Waals surface area contributed by atoms with Crippen molar-refractivity contribution in [3.63, 3.8) is 0 Å². The molecule has 5 rings (SSSR count). The number of hydrogen-bond donors (Lipinski definition) is 1. The first-order chi connectivity index (χ1) is 14.2. The Morgan fingerprint density at radius 1 is 1.07 bits per heavy atom. The number of nitrogens with zero attached hydrogens (tertiary/aromatic N) is 3. The molecule has 2 fully saturated rings. The van der Waals surface area contributed by atoms with Crippen molar-refractivity contribution >= 4 is 11.7 Å². The van der Waals surface area contributed by atoms with Gasteiger partial charge in [0.05, 0.1) is 6.54 Å². The number of anilines is 1. The van der Waals surface area contributed by atoms with Crippen LogP contribution in [0.15, 0.2) is 59.1 Å². The second-order valence-corrected chi connectivity index (χ2v) is 7.53. The molecule has 2 amide bonds. The number of hydrogen-bond acceptors (Lipinski definition) is 5. The van der Waals surface area contributed by atoms with Gasteiger partial charge in [-0.2, -0.15) is 4.98 Å². The van der Waals surface area contributed by atoms with Crippen molar-refractivity contribution < 1.29 is 14.1 Å². The Morgan fingerprint density at radius 2 is 1.86 bits per heavy atom. The van der Waals surface area contributed by atoms with Gasteiger partial charge >= 0.3 is 6.03 Å². The third-order valence-corrected chi connectivity index (χ3v) is 5.24. The van der Waals surface area contributed by atoms with E-state index in [0.717, 1.165) is 42.2 Å². The molecular weight excluding hydrogens is 368 g/mol. The van der Waals surface area contributed by atoms with Crippen LogP contribution in [0.1, 0.15) is 31.1 Å². The molecule has 2 aliphatic rings. The zero-order chi connectivity index (χ0) is 19.6. The average Bonchev–Trinajstić information content (AvgIpc) is 3.29. The standard InChI is InChI=1S/C22H22N4O3/c27-22(23-17-4-2-1-3-5-17)26-13-12-19(14-26)28-18-10-8-15(9-11-18)20-24-21(29-25-20)16-6-7-16/h1-5,8-11,16,19H,6-7,12-14H2,(H,23,27). The normalized spacial score (nSPS) is 18.6. The van der Waals surface area contributed by atoms with Gasteiger partial charge in [0.15, 0.2) is 0 Å². The molecule has 7 heteroatoms. The van der Waals surface area contributed by atoms with Crippen molar-refractivity contribution in [1.82, 2.24) is 15.0 Å². The Morgan fingerprint density at radius 3 is 2.62 bits per heavy atom. The largest absolute Gasteiger partial charge is 0.489 e. The molecule has 1 aliphatic heterocycles. The summed E-state index contributed by atoms with van der Waals surface area (Å²) in [5, 5.41) is 6.98. The lowest BCUT2D eigenvalue weighted by atomic mass is 10.2. The number of ether oxygens (including phenoxy) is 1. The van der Waals surface area contributed by atoms with E-state index in [4.69, 9.17) is 9.26 Å². The van der Waals surface area contributed by atoms with E-state index in [1.54, 1.807) is 4.90 Å². The summed E-state index contributed by atoms with van der Waals surface area (Å²) >= 11 is 0. The number of nitrogens with one attached hydrogen (secondary N) is 1. The lowest BCUT2D eigenvalue weighted by Crippen LogP contribution is -2.34. The predicted molar refractivity (Wildman–Crippen MR) is 108 cm³/mol. The van der Waals surface area contributed by atoms with Crippen molar-refractivity contribution in [3.05, 3.63) is 60.5 Å². The van der Waals surface area contributed by atoms with Crippen molar-refractivity contribution in [2.24, 2.45) is 0 Å². The SMILES string of the molecule is O=C(Nc1ccccc1)N1CCC(Oc2ccc(-c3noc(C4CC4)n3)cc2)C1. The van der Waals surface area contributed by atoms with Gasteiger partial charge in [-0.1, -0.05) is 23.4 Å². The molecule has 148 valence electrons. The van der Waals surface area contributed by atoms with Crippen LogP contribution in [0.5, 0.6) is 5.75 Å². The molecule has 3 aromatic rings. The maximum absolute atomic E-state index is 12.4. The molecule has 1 aliphatic carbocycles. The zero-order valence-electron chi connectivity index (χ0n) is 16.0. The summed E-state index contributed by atoms with van der Waals surface area (Å²) < 4.78 is 11.4. The Kier molecular flexibility index (Phi) is 4.63. The number of urea groups is 1. The molecule has 1 saturated carbocycles. The lowest BCUT2D eigenvalue weighted by molar-refractivity contribution is 0.195. The van der Waals surface area contributed by atoms with Crippen molar-refractivity contribution in [1.29, 1.82) is 0 Å². The van der Waals surface area contributed by atoms with Crippen LogP contribution in [0.25, 0.3) is 11.4 Å². The molecule has 1 aromatic heterocycles. The molecule has 0 spiro atoms. The van der Waals surface area contributed by atoms with E-state index in [9.17, 15) is 4.79 Å². The van der Waals surface area contributed by atoms with Crippen molar-refractivity contribution in [3.8, 4) is 17.1 Å². The summed E-state index contributed by atoms with van der Waals surface area (Å²) in [6.45, 7) is 1.24. The van der Waals surface area contributed by atoms with Gasteiger partial charge in [-0.15, -0.1) is 0 Å². The van der Waals surface area contributed by atoms with Crippen LogP contribution < -0.4 is 10.1 Å². The van der Waals surface area contributed by atoms with Crippen LogP contribution in [-0.4, -0.2) is 40.3 Å². The van der Waals surface area contributed by atoms with E-state index in [-0.39, 0.29) is 12.1 Å². The summed E-state index contributed by atoms with van der Waals surface area (Å²) in [6.07, 6.45) is 3.06. The zero-order valence-corrected chi connectivity index (χ0v) is 16.0. The van der Waals surface area contributed by atoms with Gasteiger partial charge in [0, 0.05) is 30.1 Å². The minimum absolute atomic E-state index is 0.0194. The van der Waals surface area contributed by atoms with Gasteiger partial charge in [0.25, 0.3) is 0 Å². The van der Waals surface area contributed by atoms with Gasteiger partial charge in [0.1, 0.15) is 11.9 Å². The van der Waals surface area contributed by atoms with Gasteiger partial charge in [-0.05, 0) is 49.2 Å². The number of amides is 2. The van der Waals surface area contributed by atoms with Crippen LogP contribution in [0.4, 0.5) is 10.5 Å². The Balaban J connectivity index is 1.16. The van der Waals surface area contributed by atoms with Crippen LogP contribution in [0, 0.1) is 0 Å². The Hall–Kier alpha value is -3.35. The lowest BCUT2D eigenvalue weighted by Gasteiger charge is -2.18. The number of para-hydroxylation sites is 1. The minimum Gasteiger partial charge on any atom is -0.489 e. The number of aromatic nitrogens is 2. The number of rotatable bonds is 5. The number of benzene rings is 2. The van der Waals surface area contributed by atoms with Gasteiger partial charge < -0.3 is 19.5 Å². The third-order valence-electron chi connectivity index (χ3n) is 5.24. The molecule has 29 heavy (non-hydrogen) atoms. The smallest absolute Gasteiger partial charge is 0.321 e. The Labute approximate surface area is 168 Å². The fourth-order valence-electron chi connectivity index (χ4n) is 3.46. The van der Waals surface area contributed by atoms with Gasteiger partial charge in [0.2, 0.25) is 11.7 Å². The topological polar surface area (TPSA) is 80.5 Å². The van der Waals surface area contributed by atoms with Crippen LogP contribution in [0.3, 0.4) is 0 Å². The summed E-state index contributed by atoms with van der Waals surface area (Å²) in [7, 11) is 0. The third kappa shape index (κ3) is 4.08. The first kappa shape index (κ1) is 17.7. The van der Waals surface area contributed by atoms with Crippen LogP contribution in [-0.2, 0) is 0 Å². The molecule has 1 N–H and O–H groups in total. The molecule has 1 atom stereocenters. The molecule has 0 radical (unpaired) electrons. The van der Waals surface area contributed by atoms with Crippen LogP contribution in [0.2, 0.25) is 0 Å². The monoisotopic (exact) mass is 390 g/mol. The highest BCUT2D eigenvalue weighted by Crippen LogP contribution is 2.39.